The molecule has 7 heteroatoms. The van der Waals surface area contributed by atoms with Gasteiger partial charge in [-0.1, -0.05) is 71.5 Å². The van der Waals surface area contributed by atoms with Crippen molar-refractivity contribution >= 4 is 55.0 Å². The molecule has 0 atom stereocenters. The lowest BCUT2D eigenvalue weighted by atomic mass is 10.0. The summed E-state index contributed by atoms with van der Waals surface area (Å²) in [5, 5.41) is 7.24. The van der Waals surface area contributed by atoms with Crippen LogP contribution in [0.15, 0.2) is 54.6 Å². The van der Waals surface area contributed by atoms with E-state index in [1.165, 1.54) is 5.39 Å². The van der Waals surface area contributed by atoms with E-state index in [1.54, 1.807) is 11.3 Å². The van der Waals surface area contributed by atoms with Crippen LogP contribution in [-0.2, 0) is 11.2 Å². The number of amides is 1. The van der Waals surface area contributed by atoms with Crippen molar-refractivity contribution in [2.24, 2.45) is 0 Å². The van der Waals surface area contributed by atoms with Gasteiger partial charge in [-0.2, -0.15) is 0 Å². The second-order valence-corrected chi connectivity index (χ2v) is 9.92. The fourth-order valence-electron chi connectivity index (χ4n) is 4.42. The summed E-state index contributed by atoms with van der Waals surface area (Å²) in [5.41, 5.74) is 3.25. The fraction of sp³-hybridized carbons (Fsp3) is 0.308. The molecule has 1 amide bonds. The summed E-state index contributed by atoms with van der Waals surface area (Å²) in [7, 11) is 0. The second-order valence-electron chi connectivity index (χ2n) is 8.53. The fourth-order valence-corrected chi connectivity index (χ4v) is 5.79. The number of thiazole rings is 1. The molecule has 0 bridgehead atoms. The standard InChI is InChI=1S/C26H27ClN4OS/c1-18-9-10-22(27)25-24(18)29-26(33-25)31-15-13-30(14-16-31)12-11-28-23(32)17-20-7-4-6-19-5-2-3-8-21(19)20/h2-10H,11-17H2,1H3,(H,28,32). The molecular weight excluding hydrogens is 452 g/mol. The zero-order chi connectivity index (χ0) is 22.8. The Bertz CT molecular complexity index is 1250. The van der Waals surface area contributed by atoms with Crippen LogP contribution in [0.2, 0.25) is 5.02 Å². The summed E-state index contributed by atoms with van der Waals surface area (Å²) < 4.78 is 1.07. The largest absolute Gasteiger partial charge is 0.355 e. The van der Waals surface area contributed by atoms with E-state index in [4.69, 9.17) is 16.6 Å². The van der Waals surface area contributed by atoms with Gasteiger partial charge in [0.15, 0.2) is 5.13 Å². The number of rotatable bonds is 6. The summed E-state index contributed by atoms with van der Waals surface area (Å²) in [5.74, 6) is 0.0757. The van der Waals surface area contributed by atoms with Crippen molar-refractivity contribution in [2.45, 2.75) is 13.3 Å². The van der Waals surface area contributed by atoms with Crippen molar-refractivity contribution in [3.05, 3.63) is 70.7 Å². The Morgan fingerprint density at radius 1 is 1.06 bits per heavy atom. The van der Waals surface area contributed by atoms with Gasteiger partial charge >= 0.3 is 0 Å². The maximum absolute atomic E-state index is 12.5. The quantitative estimate of drug-likeness (QED) is 0.428. The van der Waals surface area contributed by atoms with Gasteiger partial charge in [0.2, 0.25) is 5.91 Å². The average Bonchev–Trinajstić information content (AvgIpc) is 3.29. The number of piperazine rings is 1. The van der Waals surface area contributed by atoms with Gasteiger partial charge in [0.1, 0.15) is 0 Å². The van der Waals surface area contributed by atoms with Crippen LogP contribution >= 0.6 is 22.9 Å². The van der Waals surface area contributed by atoms with Gasteiger partial charge in [-0.25, -0.2) is 4.98 Å². The Labute approximate surface area is 203 Å². The van der Waals surface area contributed by atoms with Crippen molar-refractivity contribution in [1.82, 2.24) is 15.2 Å². The van der Waals surface area contributed by atoms with Gasteiger partial charge in [-0.3, -0.25) is 9.69 Å². The van der Waals surface area contributed by atoms with Crippen LogP contribution in [-0.4, -0.2) is 55.1 Å². The SMILES string of the molecule is Cc1ccc(Cl)c2sc(N3CCN(CCNC(=O)Cc4cccc5ccccc45)CC3)nc12. The van der Waals surface area contributed by atoms with Crippen molar-refractivity contribution < 1.29 is 4.79 Å². The van der Waals surface area contributed by atoms with Crippen molar-refractivity contribution in [3.63, 3.8) is 0 Å². The number of carbonyl (C=O) groups is 1. The molecule has 3 aromatic carbocycles. The van der Waals surface area contributed by atoms with Crippen LogP contribution < -0.4 is 10.2 Å². The van der Waals surface area contributed by atoms with Crippen molar-refractivity contribution in [3.8, 4) is 0 Å². The molecule has 1 aliphatic heterocycles. The Balaban J connectivity index is 1.11. The lowest BCUT2D eigenvalue weighted by molar-refractivity contribution is -0.120. The molecule has 1 aromatic heterocycles. The number of anilines is 1. The highest BCUT2D eigenvalue weighted by molar-refractivity contribution is 7.22. The van der Waals surface area contributed by atoms with E-state index < -0.39 is 0 Å². The lowest BCUT2D eigenvalue weighted by Gasteiger charge is -2.34. The number of carbonyl (C=O) groups excluding carboxylic acids is 1. The second kappa shape index (κ2) is 9.67. The number of halogens is 1. The number of aryl methyl sites for hydroxylation is 1. The Morgan fingerprint density at radius 3 is 2.67 bits per heavy atom. The third kappa shape index (κ3) is 4.83. The van der Waals surface area contributed by atoms with Crippen LogP contribution in [0.4, 0.5) is 5.13 Å². The van der Waals surface area contributed by atoms with E-state index >= 15 is 0 Å². The van der Waals surface area contributed by atoms with Crippen LogP contribution in [0.25, 0.3) is 21.0 Å². The molecule has 0 radical (unpaired) electrons. The average molecular weight is 479 g/mol. The molecule has 1 aliphatic rings. The normalized spacial score (nSPS) is 14.8. The minimum Gasteiger partial charge on any atom is -0.355 e. The molecule has 5 nitrogen and oxygen atoms in total. The molecule has 4 aromatic rings. The van der Waals surface area contributed by atoms with Crippen LogP contribution in [0, 0.1) is 6.92 Å². The van der Waals surface area contributed by atoms with E-state index in [-0.39, 0.29) is 5.91 Å². The van der Waals surface area contributed by atoms with Gasteiger partial charge in [0.05, 0.1) is 21.7 Å². The first-order valence-corrected chi connectivity index (χ1v) is 12.5. The Morgan fingerprint density at radius 2 is 1.85 bits per heavy atom. The zero-order valence-corrected chi connectivity index (χ0v) is 20.3. The molecule has 1 N–H and O–H groups in total. The van der Waals surface area contributed by atoms with Crippen molar-refractivity contribution in [2.75, 3.05) is 44.2 Å². The van der Waals surface area contributed by atoms with E-state index in [0.29, 0.717) is 13.0 Å². The zero-order valence-electron chi connectivity index (χ0n) is 18.7. The summed E-state index contributed by atoms with van der Waals surface area (Å²) in [6.45, 7) is 7.39. The van der Waals surface area contributed by atoms with E-state index in [1.807, 2.05) is 36.4 Å². The minimum atomic E-state index is 0.0757. The molecule has 0 unspecified atom stereocenters. The molecule has 0 aliphatic carbocycles. The first-order valence-electron chi connectivity index (χ1n) is 11.3. The number of hydrogen-bond donors (Lipinski definition) is 1. The van der Waals surface area contributed by atoms with E-state index in [0.717, 1.165) is 69.6 Å². The summed E-state index contributed by atoms with van der Waals surface area (Å²) in [6.07, 6.45) is 0.411. The highest BCUT2D eigenvalue weighted by Crippen LogP contribution is 2.35. The van der Waals surface area contributed by atoms with Crippen molar-refractivity contribution in [1.29, 1.82) is 0 Å². The van der Waals surface area contributed by atoms with Gasteiger partial charge < -0.3 is 10.2 Å². The van der Waals surface area contributed by atoms with Gasteiger partial charge in [0, 0.05) is 39.3 Å². The first kappa shape index (κ1) is 22.1. The van der Waals surface area contributed by atoms with Crippen LogP contribution in [0.3, 0.4) is 0 Å². The summed E-state index contributed by atoms with van der Waals surface area (Å²) >= 11 is 8.05. The molecule has 2 heterocycles. The molecular formula is C26H27ClN4OS. The lowest BCUT2D eigenvalue weighted by Crippen LogP contribution is -2.48. The summed E-state index contributed by atoms with van der Waals surface area (Å²) in [6, 6.07) is 18.3. The van der Waals surface area contributed by atoms with Crippen LogP contribution in [0.5, 0.6) is 0 Å². The minimum absolute atomic E-state index is 0.0757. The predicted molar refractivity (Wildman–Crippen MR) is 139 cm³/mol. The van der Waals surface area contributed by atoms with Gasteiger partial charge in [0.25, 0.3) is 0 Å². The molecule has 33 heavy (non-hydrogen) atoms. The van der Waals surface area contributed by atoms with E-state index in [2.05, 4.69) is 40.2 Å². The number of benzene rings is 3. The smallest absolute Gasteiger partial charge is 0.224 e. The molecule has 0 saturated carbocycles. The summed E-state index contributed by atoms with van der Waals surface area (Å²) in [4.78, 5) is 22.1. The Hall–Kier alpha value is -2.67. The number of nitrogens with one attached hydrogen (secondary N) is 1. The van der Waals surface area contributed by atoms with Gasteiger partial charge in [-0.05, 0) is 34.9 Å². The van der Waals surface area contributed by atoms with Crippen LogP contribution in [0.1, 0.15) is 11.1 Å². The monoisotopic (exact) mass is 478 g/mol. The molecule has 170 valence electrons. The third-order valence-corrected chi connectivity index (χ3v) is 7.89. The molecule has 0 spiro atoms. The van der Waals surface area contributed by atoms with Gasteiger partial charge in [-0.15, -0.1) is 0 Å². The topological polar surface area (TPSA) is 48.5 Å². The predicted octanol–water partition coefficient (Wildman–Crippen LogP) is 4.89. The molecule has 5 rings (SSSR count). The Kier molecular flexibility index (Phi) is 6.49. The number of hydrogen-bond acceptors (Lipinski definition) is 5. The maximum Gasteiger partial charge on any atom is 0.224 e. The third-order valence-electron chi connectivity index (χ3n) is 6.31. The molecule has 1 fully saturated rings. The molecule has 1 saturated heterocycles. The number of fused-ring (bicyclic) bond motifs is 2. The highest BCUT2D eigenvalue weighted by atomic mass is 35.5. The highest BCUT2D eigenvalue weighted by Gasteiger charge is 2.21. The number of aromatic nitrogens is 1. The number of nitrogens with zero attached hydrogens (tertiary/aromatic N) is 3. The maximum atomic E-state index is 12.5. The van der Waals surface area contributed by atoms with E-state index in [9.17, 15) is 4.79 Å². The first-order chi connectivity index (χ1) is 16.1.